The average Bonchev–Trinajstić information content (AvgIpc) is 3.06. The number of hydrogen-bond donors (Lipinski definition) is 0. The lowest BCUT2D eigenvalue weighted by atomic mass is 10.1. The molecule has 1 saturated heterocycles. The number of thioether (sulfide) groups is 2. The van der Waals surface area contributed by atoms with Gasteiger partial charge in [-0.1, -0.05) is 22.9 Å². The largest absolute Gasteiger partial charge is 0.338 e. The van der Waals surface area contributed by atoms with Crippen molar-refractivity contribution < 1.29 is 9.32 Å². The topological polar surface area (TPSA) is 56.0 Å². The van der Waals surface area contributed by atoms with E-state index in [9.17, 15) is 4.79 Å². The number of hydrogen-bond acceptors (Lipinski definition) is 6. The lowest BCUT2D eigenvalue weighted by Gasteiger charge is -1.99. The van der Waals surface area contributed by atoms with Gasteiger partial charge in [0, 0.05) is 10.6 Å². The molecular formula is C14H14N2O2S2. The Morgan fingerprint density at radius 1 is 1.40 bits per heavy atom. The number of carbonyl (C=O) groups excluding carboxylic acids is 1. The van der Waals surface area contributed by atoms with E-state index in [1.807, 2.05) is 0 Å². The van der Waals surface area contributed by atoms with Crippen molar-refractivity contribution in [3.8, 4) is 0 Å². The zero-order valence-electron chi connectivity index (χ0n) is 11.0. The molecule has 0 bridgehead atoms. The van der Waals surface area contributed by atoms with Crippen molar-refractivity contribution in [1.29, 1.82) is 0 Å². The summed E-state index contributed by atoms with van der Waals surface area (Å²) in [6, 6.07) is 8.33. The molecule has 1 aliphatic heterocycles. The summed E-state index contributed by atoms with van der Waals surface area (Å²) in [5, 5.41) is 3.96. The number of aryl methyl sites for hydroxylation is 1. The lowest BCUT2D eigenvalue weighted by molar-refractivity contribution is -0.117. The number of ketones is 1. The van der Waals surface area contributed by atoms with Crippen LogP contribution in [-0.2, 0) is 10.5 Å². The van der Waals surface area contributed by atoms with E-state index < -0.39 is 0 Å². The van der Waals surface area contributed by atoms with Crippen LogP contribution >= 0.6 is 23.5 Å². The summed E-state index contributed by atoms with van der Waals surface area (Å²) in [7, 11) is 0. The molecule has 20 heavy (non-hydrogen) atoms. The van der Waals surface area contributed by atoms with Gasteiger partial charge in [-0.15, -0.1) is 11.8 Å². The smallest absolute Gasteiger partial charge is 0.238 e. The van der Waals surface area contributed by atoms with Crippen LogP contribution in [0.3, 0.4) is 0 Å². The van der Waals surface area contributed by atoms with Crippen molar-refractivity contribution in [3.05, 3.63) is 41.5 Å². The molecule has 0 aliphatic carbocycles. The molecule has 0 spiro atoms. The Labute approximate surface area is 125 Å². The highest BCUT2D eigenvalue weighted by molar-refractivity contribution is 8.00. The Bertz CT molecular complexity index is 610. The summed E-state index contributed by atoms with van der Waals surface area (Å²) in [5.74, 6) is 3.07. The third kappa shape index (κ3) is 3.07. The van der Waals surface area contributed by atoms with Crippen LogP contribution in [0, 0.1) is 6.92 Å². The summed E-state index contributed by atoms with van der Waals surface area (Å²) >= 11 is 3.29. The minimum absolute atomic E-state index is 0.191. The summed E-state index contributed by atoms with van der Waals surface area (Å²) in [5.41, 5.74) is 1.24. The molecule has 0 saturated carbocycles. The normalized spacial score (nSPS) is 18.6. The molecule has 1 aliphatic rings. The van der Waals surface area contributed by atoms with E-state index in [0.717, 1.165) is 5.75 Å². The van der Waals surface area contributed by atoms with Gasteiger partial charge >= 0.3 is 0 Å². The zero-order valence-corrected chi connectivity index (χ0v) is 12.7. The summed E-state index contributed by atoms with van der Waals surface area (Å²) < 4.78 is 5.22. The number of rotatable bonds is 4. The number of aromatic nitrogens is 2. The molecule has 4 nitrogen and oxygen atoms in total. The van der Waals surface area contributed by atoms with E-state index in [0.29, 0.717) is 23.2 Å². The van der Waals surface area contributed by atoms with Crippen molar-refractivity contribution >= 4 is 29.3 Å². The van der Waals surface area contributed by atoms with E-state index in [2.05, 4.69) is 41.3 Å². The molecular weight excluding hydrogens is 292 g/mol. The number of Topliss-reactive ketones (excluding diaryl/α,β-unsaturated/α-hetero) is 1. The minimum Gasteiger partial charge on any atom is -0.338 e. The monoisotopic (exact) mass is 306 g/mol. The fourth-order valence-electron chi connectivity index (χ4n) is 1.93. The van der Waals surface area contributed by atoms with Gasteiger partial charge in [0.1, 0.15) is 5.92 Å². The first kappa shape index (κ1) is 13.7. The number of carbonyl (C=O) groups is 1. The van der Waals surface area contributed by atoms with Crippen LogP contribution in [0.4, 0.5) is 0 Å². The third-order valence-electron chi connectivity index (χ3n) is 3.09. The van der Waals surface area contributed by atoms with Crippen LogP contribution in [0.25, 0.3) is 0 Å². The Morgan fingerprint density at radius 3 is 2.90 bits per heavy atom. The molecule has 1 aromatic heterocycles. The molecule has 2 aromatic rings. The van der Waals surface area contributed by atoms with Crippen LogP contribution in [0.15, 0.2) is 33.7 Å². The molecule has 1 fully saturated rings. The van der Waals surface area contributed by atoms with Crippen molar-refractivity contribution in [2.24, 2.45) is 0 Å². The standard InChI is InChI=1S/C14H14N2O2S2/c1-9-2-4-10(5-3-9)20-8-13-15-14(18-16-13)11-6-19-7-12(11)17/h2-5,11H,6-8H2,1H3. The molecule has 1 aromatic carbocycles. The third-order valence-corrected chi connectivity index (χ3v) is 5.15. The first-order valence-corrected chi connectivity index (χ1v) is 8.49. The summed E-state index contributed by atoms with van der Waals surface area (Å²) in [4.78, 5) is 17.2. The Morgan fingerprint density at radius 2 is 2.20 bits per heavy atom. The van der Waals surface area contributed by atoms with E-state index in [4.69, 9.17) is 4.52 Å². The van der Waals surface area contributed by atoms with Crippen molar-refractivity contribution in [1.82, 2.24) is 10.1 Å². The van der Waals surface area contributed by atoms with Gasteiger partial charge in [0.15, 0.2) is 11.6 Å². The molecule has 104 valence electrons. The lowest BCUT2D eigenvalue weighted by Crippen LogP contribution is -2.09. The van der Waals surface area contributed by atoms with E-state index in [1.54, 1.807) is 23.5 Å². The highest BCUT2D eigenvalue weighted by Gasteiger charge is 2.31. The quantitative estimate of drug-likeness (QED) is 0.809. The fraction of sp³-hybridized carbons (Fsp3) is 0.357. The van der Waals surface area contributed by atoms with Gasteiger partial charge in [0.05, 0.1) is 11.5 Å². The predicted octanol–water partition coefficient (Wildman–Crippen LogP) is 3.07. The maximum absolute atomic E-state index is 11.6. The van der Waals surface area contributed by atoms with E-state index in [-0.39, 0.29) is 11.7 Å². The zero-order chi connectivity index (χ0) is 13.9. The second kappa shape index (κ2) is 6.01. The average molecular weight is 306 g/mol. The Hall–Kier alpha value is -1.27. The maximum Gasteiger partial charge on any atom is 0.238 e. The molecule has 6 heteroatoms. The van der Waals surface area contributed by atoms with E-state index in [1.165, 1.54) is 10.5 Å². The van der Waals surface area contributed by atoms with Gasteiger partial charge in [-0.2, -0.15) is 16.7 Å². The highest BCUT2D eigenvalue weighted by atomic mass is 32.2. The molecule has 0 radical (unpaired) electrons. The van der Waals surface area contributed by atoms with Crippen LogP contribution in [0.5, 0.6) is 0 Å². The highest BCUT2D eigenvalue weighted by Crippen LogP contribution is 2.29. The number of nitrogens with zero attached hydrogens (tertiary/aromatic N) is 2. The van der Waals surface area contributed by atoms with Gasteiger partial charge < -0.3 is 4.52 Å². The fourth-order valence-corrected chi connectivity index (χ4v) is 3.76. The summed E-state index contributed by atoms with van der Waals surface area (Å²) in [6.07, 6.45) is 0. The molecule has 1 atom stereocenters. The van der Waals surface area contributed by atoms with Crippen LogP contribution in [0.1, 0.15) is 23.2 Å². The molecule has 2 heterocycles. The van der Waals surface area contributed by atoms with Crippen LogP contribution in [0.2, 0.25) is 0 Å². The maximum atomic E-state index is 11.6. The second-order valence-electron chi connectivity index (χ2n) is 4.68. The molecule has 3 rings (SSSR count). The number of benzene rings is 1. The second-order valence-corrected chi connectivity index (χ2v) is 6.76. The van der Waals surface area contributed by atoms with Crippen LogP contribution < -0.4 is 0 Å². The Balaban J connectivity index is 1.62. The first-order chi connectivity index (χ1) is 9.72. The van der Waals surface area contributed by atoms with Gasteiger partial charge in [-0.05, 0) is 19.1 Å². The SMILES string of the molecule is Cc1ccc(SCc2noc(C3CSCC3=O)n2)cc1. The molecule has 1 unspecified atom stereocenters. The van der Waals surface area contributed by atoms with E-state index >= 15 is 0 Å². The van der Waals surface area contributed by atoms with Crippen molar-refractivity contribution in [3.63, 3.8) is 0 Å². The predicted molar refractivity (Wildman–Crippen MR) is 80.1 cm³/mol. The van der Waals surface area contributed by atoms with Gasteiger partial charge in [0.2, 0.25) is 5.89 Å². The van der Waals surface area contributed by atoms with Crippen molar-refractivity contribution in [2.75, 3.05) is 11.5 Å². The van der Waals surface area contributed by atoms with Gasteiger partial charge in [-0.3, -0.25) is 4.79 Å². The van der Waals surface area contributed by atoms with Gasteiger partial charge in [0.25, 0.3) is 0 Å². The molecule has 0 amide bonds. The van der Waals surface area contributed by atoms with Crippen molar-refractivity contribution in [2.45, 2.75) is 23.5 Å². The molecule has 0 N–H and O–H groups in total. The first-order valence-electron chi connectivity index (χ1n) is 6.35. The summed E-state index contributed by atoms with van der Waals surface area (Å²) in [6.45, 7) is 2.07. The minimum atomic E-state index is -0.203. The Kier molecular flexibility index (Phi) is 4.12. The van der Waals surface area contributed by atoms with Crippen LogP contribution in [-0.4, -0.2) is 27.4 Å². The van der Waals surface area contributed by atoms with Gasteiger partial charge in [-0.25, -0.2) is 0 Å².